The fraction of sp³-hybridized carbons (Fsp3) is 0.455. The van der Waals surface area contributed by atoms with Crippen molar-refractivity contribution >= 4 is 17.7 Å². The van der Waals surface area contributed by atoms with Gasteiger partial charge in [0.1, 0.15) is 11.9 Å². The maximum Gasteiger partial charge on any atom is 0.356 e. The summed E-state index contributed by atoms with van der Waals surface area (Å²) < 4.78 is 0. The Hall–Kier alpha value is -2.18. The van der Waals surface area contributed by atoms with Crippen molar-refractivity contribution in [3.8, 4) is 0 Å². The molecule has 0 aliphatic heterocycles. The number of amides is 1. The summed E-state index contributed by atoms with van der Waals surface area (Å²) in [7, 11) is 0. The van der Waals surface area contributed by atoms with Crippen molar-refractivity contribution in [1.29, 1.82) is 0 Å². The van der Waals surface area contributed by atoms with Crippen LogP contribution < -0.4 is 10.6 Å². The summed E-state index contributed by atoms with van der Waals surface area (Å²) in [4.78, 5) is 22.2. The Morgan fingerprint density at radius 1 is 1.39 bits per heavy atom. The van der Waals surface area contributed by atoms with Gasteiger partial charge in [0.15, 0.2) is 5.69 Å². The number of carboxylic acids is 1. The van der Waals surface area contributed by atoms with Crippen LogP contribution in [0.15, 0.2) is 12.1 Å². The Morgan fingerprint density at radius 2 is 2.11 bits per heavy atom. The Morgan fingerprint density at radius 3 is 2.61 bits per heavy atom. The van der Waals surface area contributed by atoms with E-state index in [0.29, 0.717) is 11.9 Å². The van der Waals surface area contributed by atoms with Crippen LogP contribution in [0.2, 0.25) is 0 Å². The number of aromatic carboxylic acids is 1. The number of hydrogen-bond acceptors (Lipinski definition) is 5. The molecule has 7 nitrogen and oxygen atoms in total. The van der Waals surface area contributed by atoms with Crippen LogP contribution in [0.5, 0.6) is 0 Å². The second-order valence-electron chi connectivity index (χ2n) is 4.26. The van der Waals surface area contributed by atoms with E-state index in [4.69, 9.17) is 5.11 Å². The lowest BCUT2D eigenvalue weighted by Gasteiger charge is -2.13. The standard InChI is InChI=1S/C11H14N4O3/c1-6(10(16)13-7-2-3-7)12-9-5-4-8(11(17)18)14-15-9/h4-7H,2-3H2,1H3,(H,12,15)(H,13,16)(H,17,18). The van der Waals surface area contributed by atoms with Crippen molar-refractivity contribution in [2.75, 3.05) is 5.32 Å². The Balaban J connectivity index is 1.91. The lowest BCUT2D eigenvalue weighted by molar-refractivity contribution is -0.121. The fourth-order valence-corrected chi connectivity index (χ4v) is 1.36. The molecule has 1 saturated carbocycles. The third-order valence-electron chi connectivity index (χ3n) is 2.57. The van der Waals surface area contributed by atoms with Crippen molar-refractivity contribution in [2.45, 2.75) is 31.8 Å². The van der Waals surface area contributed by atoms with Gasteiger partial charge in [-0.1, -0.05) is 0 Å². The molecule has 1 atom stereocenters. The van der Waals surface area contributed by atoms with Crippen molar-refractivity contribution < 1.29 is 14.7 Å². The normalized spacial score (nSPS) is 15.8. The molecule has 1 heterocycles. The first-order valence-electron chi connectivity index (χ1n) is 5.70. The van der Waals surface area contributed by atoms with Gasteiger partial charge in [-0.25, -0.2) is 4.79 Å². The highest BCUT2D eigenvalue weighted by molar-refractivity contribution is 5.86. The first kappa shape index (κ1) is 12.3. The van der Waals surface area contributed by atoms with Crippen molar-refractivity contribution in [3.05, 3.63) is 17.8 Å². The lowest BCUT2D eigenvalue weighted by Crippen LogP contribution is -2.38. The predicted octanol–water partition coefficient (Wildman–Crippen LogP) is 0.254. The average Bonchev–Trinajstić information content (AvgIpc) is 3.13. The van der Waals surface area contributed by atoms with Crippen molar-refractivity contribution in [1.82, 2.24) is 15.5 Å². The molecule has 0 radical (unpaired) electrons. The molecule has 1 fully saturated rings. The van der Waals surface area contributed by atoms with Crippen LogP contribution in [0.3, 0.4) is 0 Å². The van der Waals surface area contributed by atoms with E-state index in [1.54, 1.807) is 6.92 Å². The summed E-state index contributed by atoms with van der Waals surface area (Å²) in [6.45, 7) is 1.71. The molecule has 1 aliphatic rings. The number of rotatable bonds is 5. The highest BCUT2D eigenvalue weighted by Crippen LogP contribution is 2.18. The molecule has 3 N–H and O–H groups in total. The van der Waals surface area contributed by atoms with E-state index in [1.165, 1.54) is 12.1 Å². The molecule has 96 valence electrons. The average molecular weight is 250 g/mol. The number of nitrogens with one attached hydrogen (secondary N) is 2. The second-order valence-corrected chi connectivity index (χ2v) is 4.26. The van der Waals surface area contributed by atoms with Gasteiger partial charge in [-0.2, -0.15) is 0 Å². The van der Waals surface area contributed by atoms with E-state index in [2.05, 4.69) is 20.8 Å². The van der Waals surface area contributed by atoms with Gasteiger partial charge >= 0.3 is 5.97 Å². The van der Waals surface area contributed by atoms with Crippen molar-refractivity contribution in [2.24, 2.45) is 0 Å². The summed E-state index contributed by atoms with van der Waals surface area (Å²) >= 11 is 0. The molecule has 7 heteroatoms. The quantitative estimate of drug-likeness (QED) is 0.692. The van der Waals surface area contributed by atoms with Crippen LogP contribution in [0.25, 0.3) is 0 Å². The highest BCUT2D eigenvalue weighted by atomic mass is 16.4. The first-order valence-corrected chi connectivity index (χ1v) is 5.70. The summed E-state index contributed by atoms with van der Waals surface area (Å²) in [5.41, 5.74) is -0.129. The Labute approximate surface area is 104 Å². The summed E-state index contributed by atoms with van der Waals surface area (Å²) in [5, 5.41) is 21.6. The number of hydrogen-bond donors (Lipinski definition) is 3. The van der Waals surface area contributed by atoms with Crippen LogP contribution in [0, 0.1) is 0 Å². The van der Waals surface area contributed by atoms with Gasteiger partial charge in [0, 0.05) is 6.04 Å². The molecule has 18 heavy (non-hydrogen) atoms. The zero-order valence-corrected chi connectivity index (χ0v) is 9.88. The topological polar surface area (TPSA) is 104 Å². The molecule has 1 amide bonds. The molecule has 0 saturated heterocycles. The zero-order chi connectivity index (χ0) is 13.1. The minimum Gasteiger partial charge on any atom is -0.476 e. The molecule has 1 aromatic rings. The van der Waals surface area contributed by atoms with Crippen LogP contribution >= 0.6 is 0 Å². The molecular formula is C11H14N4O3. The molecule has 2 rings (SSSR count). The molecule has 0 spiro atoms. The predicted molar refractivity (Wildman–Crippen MR) is 63.2 cm³/mol. The number of anilines is 1. The highest BCUT2D eigenvalue weighted by Gasteiger charge is 2.25. The Kier molecular flexibility index (Phi) is 3.40. The minimum absolute atomic E-state index is 0.0957. The second kappa shape index (κ2) is 4.99. The van der Waals surface area contributed by atoms with E-state index in [0.717, 1.165) is 12.8 Å². The summed E-state index contributed by atoms with van der Waals surface area (Å²) in [5.74, 6) is -0.853. The maximum atomic E-state index is 11.7. The van der Waals surface area contributed by atoms with Crippen LogP contribution in [-0.2, 0) is 4.79 Å². The number of carboxylic acid groups (broad SMARTS) is 1. The van der Waals surface area contributed by atoms with E-state index >= 15 is 0 Å². The number of carbonyl (C=O) groups excluding carboxylic acids is 1. The van der Waals surface area contributed by atoms with Gasteiger partial charge < -0.3 is 15.7 Å². The molecule has 0 aromatic carbocycles. The van der Waals surface area contributed by atoms with Crippen LogP contribution in [0.4, 0.5) is 5.82 Å². The van der Waals surface area contributed by atoms with Gasteiger partial charge in [0.2, 0.25) is 5.91 Å². The molecule has 1 unspecified atom stereocenters. The number of aromatic nitrogens is 2. The van der Waals surface area contributed by atoms with E-state index in [9.17, 15) is 9.59 Å². The van der Waals surface area contributed by atoms with Gasteiger partial charge in [0.05, 0.1) is 0 Å². The van der Waals surface area contributed by atoms with Gasteiger partial charge in [-0.15, -0.1) is 10.2 Å². The van der Waals surface area contributed by atoms with Gasteiger partial charge in [-0.3, -0.25) is 4.79 Å². The van der Waals surface area contributed by atoms with E-state index in [1.807, 2.05) is 0 Å². The first-order chi connectivity index (χ1) is 8.56. The third-order valence-corrected chi connectivity index (χ3v) is 2.57. The van der Waals surface area contributed by atoms with Crippen LogP contribution in [0.1, 0.15) is 30.3 Å². The summed E-state index contributed by atoms with van der Waals surface area (Å²) in [6, 6.07) is 2.69. The van der Waals surface area contributed by atoms with E-state index in [-0.39, 0.29) is 11.6 Å². The van der Waals surface area contributed by atoms with E-state index < -0.39 is 12.0 Å². The Bertz CT molecular complexity index is 456. The van der Waals surface area contributed by atoms with Gasteiger partial charge in [0.25, 0.3) is 0 Å². The van der Waals surface area contributed by atoms with Gasteiger partial charge in [-0.05, 0) is 31.9 Å². The largest absolute Gasteiger partial charge is 0.476 e. The molecule has 1 aromatic heterocycles. The monoisotopic (exact) mass is 250 g/mol. The molecule has 0 bridgehead atoms. The fourth-order valence-electron chi connectivity index (χ4n) is 1.36. The van der Waals surface area contributed by atoms with Crippen molar-refractivity contribution in [3.63, 3.8) is 0 Å². The smallest absolute Gasteiger partial charge is 0.356 e. The SMILES string of the molecule is CC(Nc1ccc(C(=O)O)nn1)C(=O)NC1CC1. The minimum atomic E-state index is -1.13. The maximum absolute atomic E-state index is 11.7. The number of nitrogens with zero attached hydrogens (tertiary/aromatic N) is 2. The molecular weight excluding hydrogens is 236 g/mol. The summed E-state index contributed by atoms with van der Waals surface area (Å²) in [6.07, 6.45) is 2.07. The zero-order valence-electron chi connectivity index (χ0n) is 9.88. The lowest BCUT2D eigenvalue weighted by atomic mass is 10.3. The molecule has 1 aliphatic carbocycles. The number of carbonyl (C=O) groups is 2. The third kappa shape index (κ3) is 3.16. The van der Waals surface area contributed by atoms with Crippen LogP contribution in [-0.4, -0.2) is 39.3 Å².